The van der Waals surface area contributed by atoms with Crippen LogP contribution in [0.3, 0.4) is 0 Å². The molecular formula is C18H30N2S. The molecule has 0 aromatic heterocycles. The van der Waals surface area contributed by atoms with Crippen molar-refractivity contribution in [1.82, 2.24) is 5.32 Å². The van der Waals surface area contributed by atoms with Crippen LogP contribution in [0.1, 0.15) is 66.4 Å². The van der Waals surface area contributed by atoms with Crippen LogP contribution in [0.4, 0.5) is 5.69 Å². The summed E-state index contributed by atoms with van der Waals surface area (Å²) in [7, 11) is 0. The van der Waals surface area contributed by atoms with Gasteiger partial charge in [0, 0.05) is 11.2 Å². The van der Waals surface area contributed by atoms with Gasteiger partial charge in [-0.3, -0.25) is 0 Å². The summed E-state index contributed by atoms with van der Waals surface area (Å²) in [5.41, 5.74) is 2.61. The van der Waals surface area contributed by atoms with Gasteiger partial charge in [-0.05, 0) is 61.5 Å². The average Bonchev–Trinajstić information content (AvgIpc) is 2.24. The molecule has 118 valence electrons. The van der Waals surface area contributed by atoms with Crippen LogP contribution in [-0.2, 0) is 0 Å². The Morgan fingerprint density at radius 2 is 1.57 bits per heavy atom. The molecule has 0 amide bonds. The Kier molecular flexibility index (Phi) is 5.80. The number of nitrogens with one attached hydrogen (secondary N) is 2. The first-order valence-electron chi connectivity index (χ1n) is 7.68. The monoisotopic (exact) mass is 306 g/mol. The van der Waals surface area contributed by atoms with Gasteiger partial charge in [0.15, 0.2) is 5.11 Å². The third-order valence-corrected chi connectivity index (χ3v) is 3.46. The Labute approximate surface area is 135 Å². The van der Waals surface area contributed by atoms with Crippen LogP contribution in [0, 0.1) is 5.41 Å². The first-order chi connectivity index (χ1) is 9.48. The van der Waals surface area contributed by atoms with Crippen LogP contribution in [0.5, 0.6) is 0 Å². The molecule has 3 heteroatoms. The molecule has 21 heavy (non-hydrogen) atoms. The standard InChI is InChI=1S/C18H30N2S/c1-13(2)14-8-10-15(11-9-14)19-16(21)20-18(6,7)12-17(3,4)5/h8-11,13H,12H2,1-7H3,(H2,19,20,21). The van der Waals surface area contributed by atoms with E-state index < -0.39 is 0 Å². The van der Waals surface area contributed by atoms with Crippen molar-refractivity contribution in [2.75, 3.05) is 5.32 Å². The third-order valence-electron chi connectivity index (χ3n) is 3.26. The van der Waals surface area contributed by atoms with Crippen molar-refractivity contribution in [3.8, 4) is 0 Å². The molecule has 0 aliphatic rings. The SMILES string of the molecule is CC(C)c1ccc(NC(=S)NC(C)(C)CC(C)(C)C)cc1. The Hall–Kier alpha value is -1.09. The number of anilines is 1. The van der Waals surface area contributed by atoms with Crippen LogP contribution in [-0.4, -0.2) is 10.7 Å². The fraction of sp³-hybridized carbons (Fsp3) is 0.611. The lowest BCUT2D eigenvalue weighted by atomic mass is 9.82. The number of rotatable bonds is 4. The van der Waals surface area contributed by atoms with Crippen molar-refractivity contribution in [2.45, 2.75) is 66.3 Å². The van der Waals surface area contributed by atoms with E-state index in [1.54, 1.807) is 0 Å². The molecule has 1 rings (SSSR count). The Morgan fingerprint density at radius 1 is 1.05 bits per heavy atom. The van der Waals surface area contributed by atoms with Crippen molar-refractivity contribution < 1.29 is 0 Å². The fourth-order valence-corrected chi connectivity index (χ4v) is 3.19. The summed E-state index contributed by atoms with van der Waals surface area (Å²) >= 11 is 5.44. The molecule has 0 fully saturated rings. The zero-order valence-corrected chi connectivity index (χ0v) is 15.3. The lowest BCUT2D eigenvalue weighted by Crippen LogP contribution is -2.47. The van der Waals surface area contributed by atoms with Gasteiger partial charge in [-0.15, -0.1) is 0 Å². The van der Waals surface area contributed by atoms with E-state index in [4.69, 9.17) is 12.2 Å². The summed E-state index contributed by atoms with van der Waals surface area (Å²) in [5.74, 6) is 0.551. The van der Waals surface area contributed by atoms with Crippen LogP contribution >= 0.6 is 12.2 Å². The Balaban J connectivity index is 2.61. The van der Waals surface area contributed by atoms with Gasteiger partial charge in [0.1, 0.15) is 0 Å². The summed E-state index contributed by atoms with van der Waals surface area (Å²) in [4.78, 5) is 0. The van der Waals surface area contributed by atoms with Crippen molar-refractivity contribution in [2.24, 2.45) is 5.41 Å². The minimum absolute atomic E-state index is 0.0276. The molecule has 0 aliphatic heterocycles. The van der Waals surface area contributed by atoms with Crippen molar-refractivity contribution in [3.05, 3.63) is 29.8 Å². The van der Waals surface area contributed by atoms with Gasteiger partial charge in [0.05, 0.1) is 0 Å². The van der Waals surface area contributed by atoms with E-state index in [1.807, 2.05) is 0 Å². The molecule has 0 unspecified atom stereocenters. The predicted molar refractivity (Wildman–Crippen MR) is 98.0 cm³/mol. The number of thiocarbonyl (C=S) groups is 1. The highest BCUT2D eigenvalue weighted by Gasteiger charge is 2.25. The fourth-order valence-electron chi connectivity index (χ4n) is 2.79. The smallest absolute Gasteiger partial charge is 0.171 e. The first kappa shape index (κ1) is 18.0. The second-order valence-electron chi connectivity index (χ2n) is 7.98. The first-order valence-corrected chi connectivity index (χ1v) is 8.08. The summed E-state index contributed by atoms with van der Waals surface area (Å²) in [6.07, 6.45) is 1.05. The molecule has 0 aliphatic carbocycles. The molecule has 0 heterocycles. The maximum Gasteiger partial charge on any atom is 0.171 e. The van der Waals surface area contributed by atoms with Gasteiger partial charge in [0.2, 0.25) is 0 Å². The minimum Gasteiger partial charge on any atom is -0.358 e. The van der Waals surface area contributed by atoms with E-state index >= 15 is 0 Å². The normalized spacial score (nSPS) is 12.4. The molecule has 0 spiro atoms. The van der Waals surface area contributed by atoms with E-state index in [-0.39, 0.29) is 11.0 Å². The molecule has 1 aromatic rings. The number of hydrogen-bond acceptors (Lipinski definition) is 1. The molecule has 0 saturated heterocycles. The van der Waals surface area contributed by atoms with Crippen LogP contribution in [0.15, 0.2) is 24.3 Å². The Morgan fingerprint density at radius 3 is 2.00 bits per heavy atom. The highest BCUT2D eigenvalue weighted by atomic mass is 32.1. The topological polar surface area (TPSA) is 24.1 Å². The maximum absolute atomic E-state index is 5.44. The van der Waals surface area contributed by atoms with Crippen LogP contribution in [0.25, 0.3) is 0 Å². The van der Waals surface area contributed by atoms with Gasteiger partial charge >= 0.3 is 0 Å². The van der Waals surface area contributed by atoms with Gasteiger partial charge in [-0.2, -0.15) is 0 Å². The van der Waals surface area contributed by atoms with Gasteiger partial charge in [0.25, 0.3) is 0 Å². The van der Waals surface area contributed by atoms with E-state index in [0.29, 0.717) is 11.0 Å². The second kappa shape index (κ2) is 6.78. The summed E-state index contributed by atoms with van der Waals surface area (Å²) in [5, 5.41) is 7.37. The molecule has 0 atom stereocenters. The largest absolute Gasteiger partial charge is 0.358 e. The molecule has 0 bridgehead atoms. The predicted octanol–water partition coefficient (Wildman–Crippen LogP) is 5.31. The molecule has 1 aromatic carbocycles. The number of hydrogen-bond donors (Lipinski definition) is 2. The minimum atomic E-state index is -0.0276. The Bertz CT molecular complexity index is 467. The van der Waals surface area contributed by atoms with Crippen molar-refractivity contribution in [3.63, 3.8) is 0 Å². The zero-order chi connectivity index (χ0) is 16.3. The van der Waals surface area contributed by atoms with E-state index in [0.717, 1.165) is 12.1 Å². The van der Waals surface area contributed by atoms with Crippen molar-refractivity contribution >= 4 is 23.0 Å². The van der Waals surface area contributed by atoms with E-state index in [1.165, 1.54) is 5.56 Å². The lowest BCUT2D eigenvalue weighted by molar-refractivity contribution is 0.268. The quantitative estimate of drug-likeness (QED) is 0.737. The molecular weight excluding hydrogens is 276 g/mol. The van der Waals surface area contributed by atoms with Gasteiger partial charge in [-0.1, -0.05) is 46.8 Å². The van der Waals surface area contributed by atoms with E-state index in [9.17, 15) is 0 Å². The highest BCUT2D eigenvalue weighted by Crippen LogP contribution is 2.27. The zero-order valence-electron chi connectivity index (χ0n) is 14.5. The molecule has 0 saturated carbocycles. The van der Waals surface area contributed by atoms with Crippen LogP contribution < -0.4 is 10.6 Å². The van der Waals surface area contributed by atoms with Gasteiger partial charge < -0.3 is 10.6 Å². The van der Waals surface area contributed by atoms with Crippen molar-refractivity contribution in [1.29, 1.82) is 0 Å². The maximum atomic E-state index is 5.44. The van der Waals surface area contributed by atoms with Crippen LogP contribution in [0.2, 0.25) is 0 Å². The average molecular weight is 307 g/mol. The lowest BCUT2D eigenvalue weighted by Gasteiger charge is -2.34. The second-order valence-corrected chi connectivity index (χ2v) is 8.39. The number of benzene rings is 1. The van der Waals surface area contributed by atoms with E-state index in [2.05, 4.69) is 83.4 Å². The molecule has 2 nitrogen and oxygen atoms in total. The van der Waals surface area contributed by atoms with Gasteiger partial charge in [-0.25, -0.2) is 0 Å². The molecule has 2 N–H and O–H groups in total. The molecule has 0 radical (unpaired) electrons. The summed E-state index contributed by atoms with van der Waals surface area (Å²) in [6.45, 7) is 15.5. The third kappa shape index (κ3) is 6.94. The summed E-state index contributed by atoms with van der Waals surface area (Å²) in [6, 6.07) is 8.46. The summed E-state index contributed by atoms with van der Waals surface area (Å²) < 4.78 is 0. The highest BCUT2D eigenvalue weighted by molar-refractivity contribution is 7.80.